The van der Waals surface area contributed by atoms with Gasteiger partial charge >= 0.3 is 0 Å². The lowest BCUT2D eigenvalue weighted by Crippen LogP contribution is -2.43. The molecule has 0 bridgehead atoms. The van der Waals surface area contributed by atoms with Crippen LogP contribution in [-0.2, 0) is 11.3 Å². The third-order valence-corrected chi connectivity index (χ3v) is 2.07. The van der Waals surface area contributed by atoms with Crippen molar-refractivity contribution < 1.29 is 4.79 Å². The van der Waals surface area contributed by atoms with Crippen LogP contribution in [0.2, 0.25) is 0 Å². The van der Waals surface area contributed by atoms with E-state index < -0.39 is 11.9 Å². The van der Waals surface area contributed by atoms with Crippen LogP contribution in [-0.4, -0.2) is 18.5 Å². The summed E-state index contributed by atoms with van der Waals surface area (Å²) in [6.07, 6.45) is 0. The van der Waals surface area contributed by atoms with Crippen molar-refractivity contribution in [3.8, 4) is 0 Å². The number of amides is 1. The van der Waals surface area contributed by atoms with E-state index in [1.54, 1.807) is 0 Å². The summed E-state index contributed by atoms with van der Waals surface area (Å²) in [6.45, 7) is 0.536. The van der Waals surface area contributed by atoms with Gasteiger partial charge in [0.15, 0.2) is 0 Å². The predicted octanol–water partition coefficient (Wildman–Crippen LogP) is 0.940. The number of hydrogen-bond acceptors (Lipinski definition) is 3. The second-order valence-corrected chi connectivity index (χ2v) is 3.23. The number of nitrogens with two attached hydrogens (primary N) is 1. The fourth-order valence-corrected chi connectivity index (χ4v) is 1.21. The maximum absolute atomic E-state index is 11.0. The summed E-state index contributed by atoms with van der Waals surface area (Å²) in [5.74, 6) is -0.525. The molecule has 84 valence electrons. The number of nitrogens with zero attached hydrogens (tertiary/aromatic N) is 3. The molecule has 0 aromatic heterocycles. The average molecular weight is 219 g/mol. The van der Waals surface area contributed by atoms with Gasteiger partial charge in [-0.1, -0.05) is 35.4 Å². The van der Waals surface area contributed by atoms with Crippen LogP contribution >= 0.6 is 0 Å². The quantitative estimate of drug-likeness (QED) is 0.422. The number of nitrogens with one attached hydrogen (secondary N) is 1. The molecule has 0 radical (unpaired) electrons. The highest BCUT2D eigenvalue weighted by Crippen LogP contribution is 1.98. The van der Waals surface area contributed by atoms with Crippen LogP contribution in [0.1, 0.15) is 5.56 Å². The minimum absolute atomic E-state index is 0.0265. The molecule has 0 fully saturated rings. The molecule has 3 N–H and O–H groups in total. The Kier molecular flexibility index (Phi) is 4.85. The molecule has 6 heteroatoms. The van der Waals surface area contributed by atoms with Gasteiger partial charge in [0.2, 0.25) is 5.91 Å². The zero-order chi connectivity index (χ0) is 11.8. The molecule has 6 nitrogen and oxygen atoms in total. The van der Waals surface area contributed by atoms with E-state index in [2.05, 4.69) is 15.3 Å². The summed E-state index contributed by atoms with van der Waals surface area (Å²) in [5.41, 5.74) is 14.4. The van der Waals surface area contributed by atoms with Crippen LogP contribution in [0, 0.1) is 0 Å². The zero-order valence-electron chi connectivity index (χ0n) is 8.71. The molecule has 0 spiro atoms. The molecule has 0 aliphatic carbocycles. The van der Waals surface area contributed by atoms with Crippen LogP contribution in [0.5, 0.6) is 0 Å². The Morgan fingerprint density at radius 1 is 1.50 bits per heavy atom. The van der Waals surface area contributed by atoms with E-state index >= 15 is 0 Å². The number of azide groups is 1. The molecule has 0 saturated heterocycles. The third kappa shape index (κ3) is 4.00. The monoisotopic (exact) mass is 219 g/mol. The van der Waals surface area contributed by atoms with Crippen LogP contribution in [0.25, 0.3) is 10.4 Å². The number of primary amides is 1. The Labute approximate surface area is 93.1 Å². The topological polar surface area (TPSA) is 104 Å². The summed E-state index contributed by atoms with van der Waals surface area (Å²) in [6, 6.07) is 8.95. The number of hydrogen-bond donors (Lipinski definition) is 2. The van der Waals surface area contributed by atoms with Gasteiger partial charge in [-0.25, -0.2) is 0 Å². The molecule has 0 aliphatic heterocycles. The molecule has 0 aliphatic rings. The average Bonchev–Trinajstić information content (AvgIpc) is 2.30. The standard InChI is InChI=1S/C10H13N5O/c11-10(16)9(7-14-15-12)13-6-8-4-2-1-3-5-8/h1-5,9,13H,6-7H2,(H2,11,16). The van der Waals surface area contributed by atoms with Gasteiger partial charge in [-0.05, 0) is 11.1 Å². The number of rotatable bonds is 6. The largest absolute Gasteiger partial charge is 0.368 e. The van der Waals surface area contributed by atoms with Crippen molar-refractivity contribution in [1.82, 2.24) is 5.32 Å². The lowest BCUT2D eigenvalue weighted by Gasteiger charge is -2.12. The predicted molar refractivity (Wildman–Crippen MR) is 60.3 cm³/mol. The first-order valence-corrected chi connectivity index (χ1v) is 4.81. The van der Waals surface area contributed by atoms with Gasteiger partial charge in [0.25, 0.3) is 0 Å². The fraction of sp³-hybridized carbons (Fsp3) is 0.300. The minimum Gasteiger partial charge on any atom is -0.368 e. The van der Waals surface area contributed by atoms with E-state index in [4.69, 9.17) is 11.3 Å². The lowest BCUT2D eigenvalue weighted by atomic mass is 10.2. The SMILES string of the molecule is [N-]=[N+]=NCC(NCc1ccccc1)C(N)=O. The number of carbonyl (C=O) groups excluding carboxylic acids is 1. The highest BCUT2D eigenvalue weighted by molar-refractivity contribution is 5.80. The van der Waals surface area contributed by atoms with Crippen molar-refractivity contribution in [3.05, 3.63) is 46.3 Å². The summed E-state index contributed by atoms with van der Waals surface area (Å²) in [7, 11) is 0. The van der Waals surface area contributed by atoms with Crippen LogP contribution in [0.3, 0.4) is 0 Å². The molecule has 0 saturated carbocycles. The first-order chi connectivity index (χ1) is 7.74. The minimum atomic E-state index is -0.629. The highest BCUT2D eigenvalue weighted by atomic mass is 16.1. The fourth-order valence-electron chi connectivity index (χ4n) is 1.21. The van der Waals surface area contributed by atoms with Crippen molar-refractivity contribution in [2.24, 2.45) is 10.8 Å². The highest BCUT2D eigenvalue weighted by Gasteiger charge is 2.12. The van der Waals surface area contributed by atoms with Crippen molar-refractivity contribution in [2.75, 3.05) is 6.54 Å². The summed E-state index contributed by atoms with van der Waals surface area (Å²) in [5, 5.41) is 6.25. The van der Waals surface area contributed by atoms with Gasteiger partial charge in [0.1, 0.15) is 0 Å². The Morgan fingerprint density at radius 2 is 2.19 bits per heavy atom. The molecule has 0 heterocycles. The first-order valence-electron chi connectivity index (χ1n) is 4.81. The van der Waals surface area contributed by atoms with E-state index in [1.807, 2.05) is 30.3 Å². The second-order valence-electron chi connectivity index (χ2n) is 3.23. The molecule has 16 heavy (non-hydrogen) atoms. The maximum atomic E-state index is 11.0. The van der Waals surface area contributed by atoms with Gasteiger partial charge in [-0.2, -0.15) is 0 Å². The van der Waals surface area contributed by atoms with Crippen LogP contribution in [0.4, 0.5) is 0 Å². The molecule has 1 aromatic rings. The van der Waals surface area contributed by atoms with Crippen molar-refractivity contribution in [2.45, 2.75) is 12.6 Å². The second kappa shape index (κ2) is 6.44. The Bertz CT molecular complexity index is 385. The molecule has 1 atom stereocenters. The normalized spacial score (nSPS) is 11.5. The van der Waals surface area contributed by atoms with E-state index in [-0.39, 0.29) is 6.54 Å². The number of benzene rings is 1. The van der Waals surface area contributed by atoms with Crippen molar-refractivity contribution >= 4 is 5.91 Å². The van der Waals surface area contributed by atoms with Gasteiger partial charge in [0.05, 0.1) is 12.6 Å². The lowest BCUT2D eigenvalue weighted by molar-refractivity contribution is -0.119. The molecule has 1 unspecified atom stereocenters. The summed E-state index contributed by atoms with van der Waals surface area (Å²) in [4.78, 5) is 13.6. The van der Waals surface area contributed by atoms with E-state index in [0.717, 1.165) is 5.56 Å². The summed E-state index contributed by atoms with van der Waals surface area (Å²) >= 11 is 0. The molecule has 1 rings (SSSR count). The van der Waals surface area contributed by atoms with Gasteiger partial charge in [-0.15, -0.1) is 0 Å². The Balaban J connectivity index is 2.50. The number of carbonyl (C=O) groups is 1. The van der Waals surface area contributed by atoms with Crippen LogP contribution in [0.15, 0.2) is 35.4 Å². The Morgan fingerprint density at radius 3 is 2.75 bits per heavy atom. The molecule has 1 aromatic carbocycles. The zero-order valence-corrected chi connectivity index (χ0v) is 8.71. The van der Waals surface area contributed by atoms with E-state index in [0.29, 0.717) is 6.54 Å². The first kappa shape index (κ1) is 12.0. The van der Waals surface area contributed by atoms with E-state index in [9.17, 15) is 4.79 Å². The summed E-state index contributed by atoms with van der Waals surface area (Å²) < 4.78 is 0. The van der Waals surface area contributed by atoms with Gasteiger partial charge in [-0.3, -0.25) is 4.79 Å². The van der Waals surface area contributed by atoms with Crippen molar-refractivity contribution in [1.29, 1.82) is 0 Å². The molecular formula is C10H13N5O. The smallest absolute Gasteiger partial charge is 0.234 e. The van der Waals surface area contributed by atoms with Gasteiger partial charge < -0.3 is 11.1 Å². The molecular weight excluding hydrogens is 206 g/mol. The van der Waals surface area contributed by atoms with Gasteiger partial charge in [0, 0.05) is 11.5 Å². The molecule has 1 amide bonds. The van der Waals surface area contributed by atoms with Crippen molar-refractivity contribution in [3.63, 3.8) is 0 Å². The van der Waals surface area contributed by atoms with E-state index in [1.165, 1.54) is 0 Å². The Hall–Kier alpha value is -2.04. The third-order valence-electron chi connectivity index (χ3n) is 2.07. The van der Waals surface area contributed by atoms with Crippen LogP contribution < -0.4 is 11.1 Å². The maximum Gasteiger partial charge on any atom is 0.234 e.